The Bertz CT molecular complexity index is 350. The van der Waals surface area contributed by atoms with Gasteiger partial charge >= 0.3 is 5.97 Å². The van der Waals surface area contributed by atoms with Gasteiger partial charge in [-0.15, -0.1) is 0 Å². The first-order chi connectivity index (χ1) is 7.13. The lowest BCUT2D eigenvalue weighted by Crippen LogP contribution is -2.03. The molecule has 0 amide bonds. The molecule has 0 aromatic heterocycles. The van der Waals surface area contributed by atoms with Gasteiger partial charge in [0.25, 0.3) is 0 Å². The van der Waals surface area contributed by atoms with Crippen molar-refractivity contribution in [3.8, 4) is 5.75 Å². The maximum atomic E-state index is 10.5. The van der Waals surface area contributed by atoms with E-state index in [1.54, 1.807) is 18.2 Å². The van der Waals surface area contributed by atoms with E-state index in [9.17, 15) is 4.79 Å². The zero-order chi connectivity index (χ0) is 11.3. The lowest BCUT2D eigenvalue weighted by Gasteiger charge is -2.08. The number of ether oxygens (including phenoxy) is 1. The summed E-state index contributed by atoms with van der Waals surface area (Å²) in [5, 5.41) is 8.60. The highest BCUT2D eigenvalue weighted by molar-refractivity contribution is 5.71. The van der Waals surface area contributed by atoms with Gasteiger partial charge in [0.1, 0.15) is 5.75 Å². The molecule has 1 aromatic carbocycles. The Balaban J connectivity index is 2.74. The third-order valence-corrected chi connectivity index (χ3v) is 1.89. The van der Waals surface area contributed by atoms with Gasteiger partial charge in [0.2, 0.25) is 0 Å². The van der Waals surface area contributed by atoms with Gasteiger partial charge in [-0.25, -0.2) is 0 Å². The molecule has 0 heterocycles. The van der Waals surface area contributed by atoms with E-state index < -0.39 is 5.97 Å². The van der Waals surface area contributed by atoms with Crippen molar-refractivity contribution in [2.75, 3.05) is 12.3 Å². The summed E-state index contributed by atoms with van der Waals surface area (Å²) in [6.07, 6.45) is 0.897. The lowest BCUT2D eigenvalue weighted by atomic mass is 10.1. The summed E-state index contributed by atoms with van der Waals surface area (Å²) >= 11 is 0. The number of nitrogens with two attached hydrogens (primary N) is 1. The minimum absolute atomic E-state index is 0.0156. The van der Waals surface area contributed by atoms with Crippen molar-refractivity contribution in [2.45, 2.75) is 19.8 Å². The van der Waals surface area contributed by atoms with E-state index in [-0.39, 0.29) is 6.42 Å². The molecule has 1 aromatic rings. The van der Waals surface area contributed by atoms with Gasteiger partial charge in [0.05, 0.1) is 18.7 Å². The lowest BCUT2D eigenvalue weighted by molar-refractivity contribution is -0.136. The van der Waals surface area contributed by atoms with Crippen LogP contribution in [-0.2, 0) is 11.2 Å². The number of carbonyl (C=O) groups is 1. The highest BCUT2D eigenvalue weighted by Gasteiger charge is 2.04. The molecule has 4 nitrogen and oxygen atoms in total. The average Bonchev–Trinajstić information content (AvgIpc) is 2.15. The summed E-state index contributed by atoms with van der Waals surface area (Å²) in [6, 6.07) is 5.07. The average molecular weight is 209 g/mol. The molecule has 0 spiro atoms. The largest absolute Gasteiger partial charge is 0.491 e. The highest BCUT2D eigenvalue weighted by Crippen LogP contribution is 2.22. The van der Waals surface area contributed by atoms with Crippen molar-refractivity contribution < 1.29 is 14.6 Å². The molecule has 0 aliphatic rings. The number of aliphatic carboxylic acids is 1. The van der Waals surface area contributed by atoms with Crippen LogP contribution < -0.4 is 10.5 Å². The van der Waals surface area contributed by atoms with Gasteiger partial charge in [0, 0.05) is 0 Å². The summed E-state index contributed by atoms with van der Waals surface area (Å²) in [5.41, 5.74) is 6.89. The van der Waals surface area contributed by atoms with Crippen molar-refractivity contribution in [2.24, 2.45) is 0 Å². The van der Waals surface area contributed by atoms with E-state index in [2.05, 4.69) is 0 Å². The molecule has 0 atom stereocenters. The summed E-state index contributed by atoms with van der Waals surface area (Å²) in [6.45, 7) is 2.62. The van der Waals surface area contributed by atoms with Crippen LogP contribution in [0.25, 0.3) is 0 Å². The van der Waals surface area contributed by atoms with E-state index in [0.717, 1.165) is 6.42 Å². The van der Waals surface area contributed by atoms with E-state index in [1.807, 2.05) is 6.92 Å². The molecule has 3 N–H and O–H groups in total. The van der Waals surface area contributed by atoms with Crippen molar-refractivity contribution in [3.05, 3.63) is 23.8 Å². The number of nitrogen functional groups attached to an aromatic ring is 1. The minimum Gasteiger partial charge on any atom is -0.491 e. The molecule has 0 saturated heterocycles. The first-order valence-electron chi connectivity index (χ1n) is 4.86. The molecular formula is C11H15NO3. The Hall–Kier alpha value is -1.71. The Morgan fingerprint density at radius 1 is 1.53 bits per heavy atom. The molecule has 1 rings (SSSR count). The Kier molecular flexibility index (Phi) is 3.97. The van der Waals surface area contributed by atoms with Crippen LogP contribution in [0.5, 0.6) is 5.75 Å². The molecule has 0 unspecified atom stereocenters. The van der Waals surface area contributed by atoms with Gasteiger partial charge in [-0.1, -0.05) is 13.0 Å². The molecule has 0 aliphatic carbocycles. The summed E-state index contributed by atoms with van der Waals surface area (Å²) in [5.74, 6) is -0.248. The van der Waals surface area contributed by atoms with Crippen LogP contribution in [-0.4, -0.2) is 17.7 Å². The van der Waals surface area contributed by atoms with Gasteiger partial charge in [0.15, 0.2) is 0 Å². The molecule has 4 heteroatoms. The molecule has 0 radical (unpaired) electrons. The molecule has 0 aliphatic heterocycles. The van der Waals surface area contributed by atoms with Crippen molar-refractivity contribution in [1.82, 2.24) is 0 Å². The number of rotatable bonds is 5. The molecule has 0 fully saturated rings. The number of benzene rings is 1. The monoisotopic (exact) mass is 209 g/mol. The van der Waals surface area contributed by atoms with Gasteiger partial charge in [-0.3, -0.25) is 4.79 Å². The van der Waals surface area contributed by atoms with E-state index in [1.165, 1.54) is 0 Å². The molecule has 15 heavy (non-hydrogen) atoms. The topological polar surface area (TPSA) is 72.5 Å². The van der Waals surface area contributed by atoms with E-state index in [0.29, 0.717) is 23.6 Å². The second-order valence-corrected chi connectivity index (χ2v) is 3.29. The molecule has 0 bridgehead atoms. The van der Waals surface area contributed by atoms with Crippen LogP contribution in [0.15, 0.2) is 18.2 Å². The molecule has 0 saturated carbocycles. The second-order valence-electron chi connectivity index (χ2n) is 3.29. The smallest absolute Gasteiger partial charge is 0.307 e. The molecular weight excluding hydrogens is 194 g/mol. The van der Waals surface area contributed by atoms with E-state index in [4.69, 9.17) is 15.6 Å². The van der Waals surface area contributed by atoms with Crippen molar-refractivity contribution in [3.63, 3.8) is 0 Å². The normalized spacial score (nSPS) is 9.93. The summed E-state index contributed by atoms with van der Waals surface area (Å²) in [7, 11) is 0. The fourth-order valence-corrected chi connectivity index (χ4v) is 1.23. The maximum absolute atomic E-state index is 10.5. The third-order valence-electron chi connectivity index (χ3n) is 1.89. The Labute approximate surface area is 88.7 Å². The standard InChI is InChI=1S/C11H15NO3/c1-2-5-15-10-4-3-8(6-9(10)12)7-11(13)14/h3-4,6H,2,5,7,12H2,1H3,(H,13,14). The summed E-state index contributed by atoms with van der Waals surface area (Å²) in [4.78, 5) is 10.5. The SMILES string of the molecule is CCCOc1ccc(CC(=O)O)cc1N. The van der Waals surface area contributed by atoms with Crippen LogP contribution >= 0.6 is 0 Å². The van der Waals surface area contributed by atoms with Crippen LogP contribution in [0.4, 0.5) is 5.69 Å². The number of anilines is 1. The van der Waals surface area contributed by atoms with Crippen molar-refractivity contribution in [1.29, 1.82) is 0 Å². The number of carboxylic acid groups (broad SMARTS) is 1. The quantitative estimate of drug-likeness (QED) is 0.724. The van der Waals surface area contributed by atoms with E-state index >= 15 is 0 Å². The van der Waals surface area contributed by atoms with Crippen LogP contribution in [0.1, 0.15) is 18.9 Å². The van der Waals surface area contributed by atoms with Gasteiger partial charge < -0.3 is 15.6 Å². The number of carboxylic acids is 1. The Morgan fingerprint density at radius 3 is 2.80 bits per heavy atom. The van der Waals surface area contributed by atoms with Crippen LogP contribution in [0, 0.1) is 0 Å². The summed E-state index contributed by atoms with van der Waals surface area (Å²) < 4.78 is 5.37. The predicted molar refractivity (Wildman–Crippen MR) is 58.0 cm³/mol. The van der Waals surface area contributed by atoms with Gasteiger partial charge in [-0.05, 0) is 24.1 Å². The minimum atomic E-state index is -0.864. The maximum Gasteiger partial charge on any atom is 0.307 e. The van der Waals surface area contributed by atoms with Crippen molar-refractivity contribution >= 4 is 11.7 Å². The fourth-order valence-electron chi connectivity index (χ4n) is 1.23. The van der Waals surface area contributed by atoms with Crippen LogP contribution in [0.2, 0.25) is 0 Å². The Morgan fingerprint density at radius 2 is 2.27 bits per heavy atom. The fraction of sp³-hybridized carbons (Fsp3) is 0.364. The first-order valence-corrected chi connectivity index (χ1v) is 4.86. The zero-order valence-corrected chi connectivity index (χ0v) is 8.69. The van der Waals surface area contributed by atoms with Crippen LogP contribution in [0.3, 0.4) is 0 Å². The molecule has 82 valence electrons. The number of hydrogen-bond acceptors (Lipinski definition) is 3. The predicted octanol–water partition coefficient (Wildman–Crippen LogP) is 1.68. The van der Waals surface area contributed by atoms with Gasteiger partial charge in [-0.2, -0.15) is 0 Å². The third kappa shape index (κ3) is 3.50. The first kappa shape index (κ1) is 11.4. The highest BCUT2D eigenvalue weighted by atomic mass is 16.5. The zero-order valence-electron chi connectivity index (χ0n) is 8.69. The number of hydrogen-bond donors (Lipinski definition) is 2. The second kappa shape index (κ2) is 5.24.